The number of nitriles is 2. The van der Waals surface area contributed by atoms with Crippen molar-refractivity contribution in [2.75, 3.05) is 0 Å². The zero-order chi connectivity index (χ0) is 17.9. The molecule has 2 heteroatoms. The van der Waals surface area contributed by atoms with Crippen molar-refractivity contribution in [3.63, 3.8) is 0 Å². The van der Waals surface area contributed by atoms with Crippen LogP contribution < -0.4 is 0 Å². The van der Waals surface area contributed by atoms with Crippen LogP contribution in [0.25, 0.3) is 0 Å². The summed E-state index contributed by atoms with van der Waals surface area (Å²) in [5.41, 5.74) is 4.29. The fraction of sp³-hybridized carbons (Fsp3) is 0.652. The van der Waals surface area contributed by atoms with Crippen molar-refractivity contribution < 1.29 is 0 Å². The van der Waals surface area contributed by atoms with Gasteiger partial charge in [0.05, 0.1) is 11.1 Å². The van der Waals surface area contributed by atoms with Gasteiger partial charge in [-0.05, 0) is 79.7 Å². The van der Waals surface area contributed by atoms with Crippen LogP contribution in [-0.4, -0.2) is 0 Å². The Bertz CT molecular complexity index is 692. The van der Waals surface area contributed by atoms with Crippen LogP contribution >= 0.6 is 0 Å². The summed E-state index contributed by atoms with van der Waals surface area (Å²) in [5, 5.41) is 19.6. The fourth-order valence-corrected chi connectivity index (χ4v) is 5.48. The minimum atomic E-state index is 0.148. The SMILES string of the molecule is CCCCc1ccc(C23CCC(CCC)(CC2)CC3)c(C#N)c1C#N. The number of rotatable bonds is 6. The summed E-state index contributed by atoms with van der Waals surface area (Å²) in [4.78, 5) is 0. The summed E-state index contributed by atoms with van der Waals surface area (Å²) in [7, 11) is 0. The highest BCUT2D eigenvalue weighted by Gasteiger charge is 2.49. The monoisotopic (exact) mass is 334 g/mol. The molecule has 0 N–H and O–H groups in total. The molecule has 0 unspecified atom stereocenters. The van der Waals surface area contributed by atoms with E-state index in [4.69, 9.17) is 0 Å². The van der Waals surface area contributed by atoms with Gasteiger partial charge in [-0.1, -0.05) is 38.8 Å². The molecule has 3 aliphatic rings. The van der Waals surface area contributed by atoms with Crippen LogP contribution in [0, 0.1) is 28.1 Å². The molecule has 2 nitrogen and oxygen atoms in total. The molecule has 2 bridgehead atoms. The van der Waals surface area contributed by atoms with Crippen LogP contribution in [0.15, 0.2) is 12.1 Å². The van der Waals surface area contributed by atoms with Crippen LogP contribution in [0.4, 0.5) is 0 Å². The summed E-state index contributed by atoms with van der Waals surface area (Å²) >= 11 is 0. The maximum atomic E-state index is 9.87. The molecule has 4 rings (SSSR count). The molecule has 3 saturated carbocycles. The molecule has 1 aromatic carbocycles. The fourth-order valence-electron chi connectivity index (χ4n) is 5.48. The zero-order valence-corrected chi connectivity index (χ0v) is 15.8. The van der Waals surface area contributed by atoms with Crippen LogP contribution in [0.2, 0.25) is 0 Å². The smallest absolute Gasteiger partial charge is 0.101 e. The lowest BCUT2D eigenvalue weighted by Crippen LogP contribution is -2.44. The molecule has 0 atom stereocenters. The minimum Gasteiger partial charge on any atom is -0.192 e. The van der Waals surface area contributed by atoms with Gasteiger partial charge in [-0.15, -0.1) is 0 Å². The molecule has 3 aliphatic carbocycles. The lowest BCUT2D eigenvalue weighted by Gasteiger charge is -2.54. The Hall–Kier alpha value is -1.80. The molecule has 0 aliphatic heterocycles. The van der Waals surface area contributed by atoms with Crippen molar-refractivity contribution in [1.29, 1.82) is 10.5 Å². The van der Waals surface area contributed by atoms with Gasteiger partial charge in [0.15, 0.2) is 0 Å². The number of fused-ring (bicyclic) bond motifs is 3. The predicted molar refractivity (Wildman–Crippen MR) is 101 cm³/mol. The van der Waals surface area contributed by atoms with Gasteiger partial charge in [0.25, 0.3) is 0 Å². The Morgan fingerprint density at radius 3 is 2.04 bits per heavy atom. The summed E-state index contributed by atoms with van der Waals surface area (Å²) in [6, 6.07) is 9.12. The zero-order valence-electron chi connectivity index (χ0n) is 15.8. The highest BCUT2D eigenvalue weighted by Crippen LogP contribution is 2.60. The first-order valence-electron chi connectivity index (χ1n) is 10.1. The Morgan fingerprint density at radius 2 is 1.52 bits per heavy atom. The maximum Gasteiger partial charge on any atom is 0.101 e. The highest BCUT2D eigenvalue weighted by atomic mass is 14.5. The van der Waals surface area contributed by atoms with Gasteiger partial charge in [-0.25, -0.2) is 0 Å². The average molecular weight is 335 g/mol. The van der Waals surface area contributed by atoms with Crippen molar-refractivity contribution in [1.82, 2.24) is 0 Å². The molecule has 25 heavy (non-hydrogen) atoms. The molecule has 132 valence electrons. The van der Waals surface area contributed by atoms with Crippen molar-refractivity contribution in [3.05, 3.63) is 34.4 Å². The van der Waals surface area contributed by atoms with E-state index in [1.807, 2.05) is 0 Å². The number of hydrogen-bond acceptors (Lipinski definition) is 2. The summed E-state index contributed by atoms with van der Waals surface area (Å²) < 4.78 is 0. The molecule has 0 aromatic heterocycles. The summed E-state index contributed by atoms with van der Waals surface area (Å²) in [6.07, 6.45) is 13.2. The van der Waals surface area contributed by atoms with E-state index in [0.29, 0.717) is 16.5 Å². The van der Waals surface area contributed by atoms with Gasteiger partial charge in [0.1, 0.15) is 12.1 Å². The molecular formula is C23H30N2. The van der Waals surface area contributed by atoms with E-state index in [9.17, 15) is 10.5 Å². The van der Waals surface area contributed by atoms with E-state index in [1.165, 1.54) is 56.9 Å². The van der Waals surface area contributed by atoms with E-state index >= 15 is 0 Å². The summed E-state index contributed by atoms with van der Waals surface area (Å²) in [6.45, 7) is 4.46. The lowest BCUT2D eigenvalue weighted by molar-refractivity contribution is 0.0319. The second-order valence-corrected chi connectivity index (χ2v) is 8.38. The van der Waals surface area contributed by atoms with Crippen molar-refractivity contribution in [3.8, 4) is 12.1 Å². The molecule has 0 heterocycles. The third kappa shape index (κ3) is 3.08. The first-order valence-corrected chi connectivity index (χ1v) is 10.1. The predicted octanol–water partition coefficient (Wildman–Crippen LogP) is 6.16. The minimum absolute atomic E-state index is 0.148. The first kappa shape index (κ1) is 18.0. The molecule has 0 amide bonds. The van der Waals surface area contributed by atoms with Gasteiger partial charge in [-0.3, -0.25) is 0 Å². The van der Waals surface area contributed by atoms with Crippen LogP contribution in [0.3, 0.4) is 0 Å². The van der Waals surface area contributed by atoms with Crippen molar-refractivity contribution >= 4 is 0 Å². The second kappa shape index (κ2) is 7.21. The second-order valence-electron chi connectivity index (χ2n) is 8.38. The standard InChI is InChI=1S/C23H30N2/c1-3-5-6-18-7-8-21(20(17-25)19(18)16-24)23-13-10-22(9-4-2,11-14-23)12-15-23/h7-8H,3-6,9-15H2,1-2H3. The van der Waals surface area contributed by atoms with Gasteiger partial charge in [0.2, 0.25) is 0 Å². The number of benzene rings is 1. The molecular weight excluding hydrogens is 304 g/mol. The van der Waals surface area contributed by atoms with Crippen LogP contribution in [-0.2, 0) is 11.8 Å². The highest BCUT2D eigenvalue weighted by molar-refractivity contribution is 5.57. The maximum absolute atomic E-state index is 9.87. The molecule has 0 radical (unpaired) electrons. The molecule has 0 spiro atoms. The van der Waals surface area contributed by atoms with Gasteiger partial charge >= 0.3 is 0 Å². The Balaban J connectivity index is 1.96. The number of nitrogens with zero attached hydrogens (tertiary/aromatic N) is 2. The summed E-state index contributed by atoms with van der Waals surface area (Å²) in [5.74, 6) is 0. The van der Waals surface area contributed by atoms with E-state index in [2.05, 4.69) is 38.1 Å². The van der Waals surface area contributed by atoms with Crippen molar-refractivity contribution in [2.45, 2.75) is 89.9 Å². The Morgan fingerprint density at radius 1 is 0.880 bits per heavy atom. The van der Waals surface area contributed by atoms with Gasteiger partial charge in [-0.2, -0.15) is 10.5 Å². The molecule has 3 fully saturated rings. The quantitative estimate of drug-likeness (QED) is 0.625. The number of aryl methyl sites for hydroxylation is 1. The van der Waals surface area contributed by atoms with E-state index in [-0.39, 0.29) is 5.41 Å². The lowest BCUT2D eigenvalue weighted by atomic mass is 9.50. The van der Waals surface area contributed by atoms with Gasteiger partial charge < -0.3 is 0 Å². The van der Waals surface area contributed by atoms with Gasteiger partial charge in [0, 0.05) is 0 Å². The molecule has 1 aromatic rings. The topological polar surface area (TPSA) is 47.6 Å². The van der Waals surface area contributed by atoms with E-state index in [0.717, 1.165) is 24.8 Å². The normalized spacial score (nSPS) is 27.7. The Kier molecular flexibility index (Phi) is 5.19. The van der Waals surface area contributed by atoms with E-state index < -0.39 is 0 Å². The van der Waals surface area contributed by atoms with Crippen LogP contribution in [0.1, 0.15) is 100 Å². The van der Waals surface area contributed by atoms with Crippen molar-refractivity contribution in [2.24, 2.45) is 5.41 Å². The largest absolute Gasteiger partial charge is 0.192 e. The molecule has 0 saturated heterocycles. The third-order valence-corrected chi connectivity index (χ3v) is 7.07. The Labute approximate surface area is 152 Å². The number of unbranched alkanes of at least 4 members (excludes halogenated alkanes) is 1. The first-order chi connectivity index (χ1) is 12.1. The van der Waals surface area contributed by atoms with E-state index in [1.54, 1.807) is 0 Å². The third-order valence-electron chi connectivity index (χ3n) is 7.07. The number of hydrogen-bond donors (Lipinski definition) is 0. The average Bonchev–Trinajstić information content (AvgIpc) is 2.67. The van der Waals surface area contributed by atoms with Crippen LogP contribution in [0.5, 0.6) is 0 Å².